The van der Waals surface area contributed by atoms with E-state index in [0.29, 0.717) is 0 Å². The fourth-order valence-electron chi connectivity index (χ4n) is 1.85. The van der Waals surface area contributed by atoms with Gasteiger partial charge in [-0.15, -0.1) is 0 Å². The number of hydrogen-bond acceptors (Lipinski definition) is 4. The van der Waals surface area contributed by atoms with Gasteiger partial charge < -0.3 is 10.5 Å². The van der Waals surface area contributed by atoms with Crippen LogP contribution in [0.2, 0.25) is 15.1 Å². The predicted octanol–water partition coefficient (Wildman–Crippen LogP) is 3.56. The van der Waals surface area contributed by atoms with E-state index in [1.807, 2.05) is 0 Å². The van der Waals surface area contributed by atoms with Crippen molar-refractivity contribution in [1.29, 1.82) is 0 Å². The van der Waals surface area contributed by atoms with Crippen LogP contribution in [-0.4, -0.2) is 21.4 Å². The number of nitrogens with two attached hydrogens (primary N) is 1. The lowest BCUT2D eigenvalue weighted by Crippen LogP contribution is -2.16. The zero-order valence-electron chi connectivity index (χ0n) is 12.1. The number of carbonyl (C=O) groups is 1. The van der Waals surface area contributed by atoms with Crippen molar-refractivity contribution in [3.8, 4) is 5.75 Å². The molecule has 0 radical (unpaired) electrons. The molecule has 0 saturated heterocycles. The number of methoxy groups -OCH3 is 1. The summed E-state index contributed by atoms with van der Waals surface area (Å²) in [6, 6.07) is 6.42. The van der Waals surface area contributed by atoms with Crippen LogP contribution in [0.4, 0.5) is 5.69 Å². The van der Waals surface area contributed by atoms with Gasteiger partial charge in [-0.3, -0.25) is 9.52 Å². The Balaban J connectivity index is 2.52. The first-order valence-electron chi connectivity index (χ1n) is 6.31. The van der Waals surface area contributed by atoms with Gasteiger partial charge in [-0.2, -0.15) is 0 Å². The molecule has 128 valence electrons. The van der Waals surface area contributed by atoms with Crippen LogP contribution in [0.15, 0.2) is 35.2 Å². The number of halogens is 3. The molecule has 0 fully saturated rings. The summed E-state index contributed by atoms with van der Waals surface area (Å²) in [6.07, 6.45) is 0. The van der Waals surface area contributed by atoms with Gasteiger partial charge in [-0.25, -0.2) is 8.42 Å². The Kier molecular flexibility index (Phi) is 5.49. The first-order chi connectivity index (χ1) is 11.2. The number of rotatable bonds is 5. The van der Waals surface area contributed by atoms with Gasteiger partial charge in [-0.05, 0) is 30.3 Å². The Hall–Kier alpha value is -1.67. The third-order valence-electron chi connectivity index (χ3n) is 2.99. The summed E-state index contributed by atoms with van der Waals surface area (Å²) < 4.78 is 32.5. The van der Waals surface area contributed by atoms with E-state index in [9.17, 15) is 13.2 Å². The Bertz CT molecular complexity index is 916. The first-order valence-corrected chi connectivity index (χ1v) is 8.92. The molecule has 0 aliphatic heterocycles. The molecule has 0 atom stereocenters. The molecule has 2 rings (SSSR count). The van der Waals surface area contributed by atoms with E-state index in [1.165, 1.54) is 31.4 Å². The number of hydrogen-bond donors (Lipinski definition) is 2. The van der Waals surface area contributed by atoms with Crippen molar-refractivity contribution in [3.05, 3.63) is 51.0 Å². The lowest BCUT2D eigenvalue weighted by Gasteiger charge is -2.14. The van der Waals surface area contributed by atoms with Gasteiger partial charge in [0.15, 0.2) is 0 Å². The largest absolute Gasteiger partial charge is 0.495 e. The molecule has 1 amide bonds. The number of anilines is 1. The third-order valence-corrected chi connectivity index (χ3v) is 5.54. The van der Waals surface area contributed by atoms with E-state index < -0.39 is 15.9 Å². The third kappa shape index (κ3) is 3.87. The van der Waals surface area contributed by atoms with Gasteiger partial charge in [-0.1, -0.05) is 34.8 Å². The molecule has 3 N–H and O–H groups in total. The minimum Gasteiger partial charge on any atom is -0.495 e. The first kappa shape index (κ1) is 18.7. The van der Waals surface area contributed by atoms with Crippen molar-refractivity contribution in [2.45, 2.75) is 4.90 Å². The minimum absolute atomic E-state index is 0.0240. The van der Waals surface area contributed by atoms with Gasteiger partial charge in [0.05, 0.1) is 27.9 Å². The zero-order valence-corrected chi connectivity index (χ0v) is 15.2. The molecular weight excluding hydrogens is 399 g/mol. The van der Waals surface area contributed by atoms with Crippen LogP contribution in [0.25, 0.3) is 0 Å². The maximum absolute atomic E-state index is 12.6. The summed E-state index contributed by atoms with van der Waals surface area (Å²) in [6.45, 7) is 0. The van der Waals surface area contributed by atoms with Crippen LogP contribution in [0.1, 0.15) is 10.4 Å². The summed E-state index contributed by atoms with van der Waals surface area (Å²) in [5, 5.41) is 0.0372. The molecule has 0 heterocycles. The van der Waals surface area contributed by atoms with Crippen LogP contribution < -0.4 is 15.2 Å². The molecule has 0 saturated carbocycles. The van der Waals surface area contributed by atoms with Crippen molar-refractivity contribution in [2.24, 2.45) is 5.73 Å². The lowest BCUT2D eigenvalue weighted by atomic mass is 10.2. The van der Waals surface area contributed by atoms with E-state index in [2.05, 4.69) is 4.72 Å². The van der Waals surface area contributed by atoms with Crippen LogP contribution in [0.3, 0.4) is 0 Å². The highest BCUT2D eigenvalue weighted by atomic mass is 35.5. The second kappa shape index (κ2) is 7.06. The van der Waals surface area contributed by atoms with Crippen LogP contribution in [0, 0.1) is 0 Å². The molecule has 2 aromatic rings. The minimum atomic E-state index is -4.12. The van der Waals surface area contributed by atoms with E-state index in [1.54, 1.807) is 0 Å². The molecule has 0 unspecified atom stereocenters. The van der Waals surface area contributed by atoms with Crippen molar-refractivity contribution >= 4 is 56.4 Å². The van der Waals surface area contributed by atoms with E-state index in [-0.39, 0.29) is 37.0 Å². The molecule has 6 nitrogen and oxygen atoms in total. The topological polar surface area (TPSA) is 98.5 Å². The average molecular weight is 410 g/mol. The standard InChI is InChI=1S/C14H11Cl3N2O4S/c1-23-12-3-2-7(14(18)20)4-11(12)19-24(21,22)13-6-9(16)8(15)5-10(13)17/h2-6,19H,1H3,(H2,18,20). The van der Waals surface area contributed by atoms with Crippen molar-refractivity contribution < 1.29 is 17.9 Å². The summed E-state index contributed by atoms with van der Waals surface area (Å²) in [5.41, 5.74) is 5.33. The number of primary amides is 1. The highest BCUT2D eigenvalue weighted by molar-refractivity contribution is 7.92. The number of amides is 1. The van der Waals surface area contributed by atoms with Crippen LogP contribution in [-0.2, 0) is 10.0 Å². The van der Waals surface area contributed by atoms with Crippen molar-refractivity contribution in [2.75, 3.05) is 11.8 Å². The second-order valence-electron chi connectivity index (χ2n) is 4.58. The summed E-state index contributed by atoms with van der Waals surface area (Å²) in [7, 11) is -2.77. The van der Waals surface area contributed by atoms with E-state index in [4.69, 9.17) is 45.3 Å². The van der Waals surface area contributed by atoms with Gasteiger partial charge >= 0.3 is 0 Å². The van der Waals surface area contributed by atoms with Crippen molar-refractivity contribution in [1.82, 2.24) is 0 Å². The fourth-order valence-corrected chi connectivity index (χ4v) is 3.91. The quantitative estimate of drug-likeness (QED) is 0.738. The average Bonchev–Trinajstić information content (AvgIpc) is 2.50. The molecular formula is C14H11Cl3N2O4S. The molecule has 2 aromatic carbocycles. The Labute approximate surface area is 153 Å². The fraction of sp³-hybridized carbons (Fsp3) is 0.0714. The zero-order chi connectivity index (χ0) is 18.1. The summed E-state index contributed by atoms with van der Waals surface area (Å²) >= 11 is 17.6. The molecule has 0 aliphatic carbocycles. The highest BCUT2D eigenvalue weighted by Crippen LogP contribution is 2.34. The van der Waals surface area contributed by atoms with Crippen LogP contribution >= 0.6 is 34.8 Å². The number of carbonyl (C=O) groups excluding carboxylic acids is 1. The van der Waals surface area contributed by atoms with Gasteiger partial charge in [0, 0.05) is 5.56 Å². The molecule has 0 bridgehead atoms. The monoisotopic (exact) mass is 408 g/mol. The van der Waals surface area contributed by atoms with Gasteiger partial charge in [0.1, 0.15) is 10.6 Å². The maximum atomic E-state index is 12.6. The Morgan fingerprint density at radius 3 is 2.29 bits per heavy atom. The van der Waals surface area contributed by atoms with E-state index in [0.717, 1.165) is 6.07 Å². The SMILES string of the molecule is COc1ccc(C(N)=O)cc1NS(=O)(=O)c1cc(Cl)c(Cl)cc1Cl. The highest BCUT2D eigenvalue weighted by Gasteiger charge is 2.22. The summed E-state index contributed by atoms with van der Waals surface area (Å²) in [4.78, 5) is 11.0. The van der Waals surface area contributed by atoms with Gasteiger partial charge in [0.2, 0.25) is 5.91 Å². The second-order valence-corrected chi connectivity index (χ2v) is 7.45. The number of nitrogens with one attached hydrogen (secondary N) is 1. The Morgan fingerprint density at radius 1 is 1.08 bits per heavy atom. The normalized spacial score (nSPS) is 11.2. The molecule has 0 aromatic heterocycles. The maximum Gasteiger partial charge on any atom is 0.263 e. The molecule has 10 heteroatoms. The predicted molar refractivity (Wildman–Crippen MR) is 93.8 cm³/mol. The molecule has 24 heavy (non-hydrogen) atoms. The number of benzene rings is 2. The number of sulfonamides is 1. The Morgan fingerprint density at radius 2 is 1.71 bits per heavy atom. The molecule has 0 spiro atoms. The lowest BCUT2D eigenvalue weighted by molar-refractivity contribution is 0.100. The van der Waals surface area contributed by atoms with Gasteiger partial charge in [0.25, 0.3) is 10.0 Å². The number of ether oxygens (including phenoxy) is 1. The van der Waals surface area contributed by atoms with E-state index >= 15 is 0 Å². The van der Waals surface area contributed by atoms with Crippen molar-refractivity contribution in [3.63, 3.8) is 0 Å². The van der Waals surface area contributed by atoms with Crippen LogP contribution in [0.5, 0.6) is 5.75 Å². The smallest absolute Gasteiger partial charge is 0.263 e. The summed E-state index contributed by atoms with van der Waals surface area (Å²) in [5.74, 6) is -0.523. The molecule has 0 aliphatic rings.